The summed E-state index contributed by atoms with van der Waals surface area (Å²) < 4.78 is 26.7. The normalized spacial score (nSPS) is 11.2. The minimum Gasteiger partial charge on any atom is -0.491 e. The number of rotatable bonds is 2. The lowest BCUT2D eigenvalue weighted by Crippen LogP contribution is -2.07. The molecule has 13 heavy (non-hydrogen) atoms. The molecule has 0 spiro atoms. The second-order valence-corrected chi connectivity index (χ2v) is 4.29. The second-order valence-electron chi connectivity index (χ2n) is 2.38. The number of sulfone groups is 1. The van der Waals surface area contributed by atoms with E-state index in [1.165, 1.54) is 13.3 Å². The molecule has 0 aliphatic heterocycles. The van der Waals surface area contributed by atoms with E-state index in [2.05, 4.69) is 9.97 Å². The molecule has 1 aromatic heterocycles. The fourth-order valence-electron chi connectivity index (χ4n) is 0.703. The van der Waals surface area contributed by atoms with Crippen molar-refractivity contribution in [2.45, 2.75) is 5.16 Å². The van der Waals surface area contributed by atoms with Gasteiger partial charge >= 0.3 is 0 Å². The quantitative estimate of drug-likeness (QED) is 0.649. The zero-order chi connectivity index (χ0) is 10.1. The maximum atomic E-state index is 11.0. The van der Waals surface area contributed by atoms with E-state index >= 15 is 0 Å². The van der Waals surface area contributed by atoms with Crippen molar-refractivity contribution in [2.24, 2.45) is 0 Å². The Morgan fingerprint density at radius 2 is 2.15 bits per heavy atom. The number of nitrogens with two attached hydrogens (primary N) is 1. The predicted molar refractivity (Wildman–Crippen MR) is 46.1 cm³/mol. The predicted octanol–water partition coefficient (Wildman–Crippen LogP) is -0.529. The molecule has 0 radical (unpaired) electrons. The molecular formula is C6H9N3O3S. The van der Waals surface area contributed by atoms with Gasteiger partial charge in [0, 0.05) is 6.26 Å². The first-order chi connectivity index (χ1) is 5.95. The Morgan fingerprint density at radius 1 is 1.54 bits per heavy atom. The highest BCUT2D eigenvalue weighted by molar-refractivity contribution is 7.90. The van der Waals surface area contributed by atoms with Crippen LogP contribution in [0.3, 0.4) is 0 Å². The summed E-state index contributed by atoms with van der Waals surface area (Å²) in [4.78, 5) is 7.15. The van der Waals surface area contributed by atoms with Gasteiger partial charge in [0.25, 0.3) is 0 Å². The number of nitrogens with zero attached hydrogens (tertiary/aromatic N) is 2. The first-order valence-electron chi connectivity index (χ1n) is 3.31. The first kappa shape index (κ1) is 9.72. The van der Waals surface area contributed by atoms with Crippen LogP contribution in [0.5, 0.6) is 5.75 Å². The minimum atomic E-state index is -3.41. The van der Waals surface area contributed by atoms with Gasteiger partial charge in [-0.15, -0.1) is 0 Å². The van der Waals surface area contributed by atoms with Crippen LogP contribution in [0.15, 0.2) is 11.4 Å². The number of anilines is 1. The van der Waals surface area contributed by atoms with Gasteiger partial charge < -0.3 is 10.5 Å². The first-order valence-corrected chi connectivity index (χ1v) is 5.21. The number of aromatic nitrogens is 2. The number of ether oxygens (including phenoxy) is 1. The Balaban J connectivity index is 3.26. The van der Waals surface area contributed by atoms with Gasteiger partial charge in [0.15, 0.2) is 11.6 Å². The van der Waals surface area contributed by atoms with Crippen molar-refractivity contribution in [3.63, 3.8) is 0 Å². The van der Waals surface area contributed by atoms with Crippen LogP contribution in [-0.4, -0.2) is 31.8 Å². The summed E-state index contributed by atoms with van der Waals surface area (Å²) >= 11 is 0. The molecule has 1 aromatic rings. The molecule has 0 amide bonds. The molecule has 1 heterocycles. The number of methoxy groups -OCH3 is 1. The van der Waals surface area contributed by atoms with Gasteiger partial charge in [-0.3, -0.25) is 0 Å². The third-order valence-corrected chi connectivity index (χ3v) is 2.17. The van der Waals surface area contributed by atoms with Crippen LogP contribution < -0.4 is 10.5 Å². The average molecular weight is 203 g/mol. The summed E-state index contributed by atoms with van der Waals surface area (Å²) in [5, 5.41) is -0.300. The Labute approximate surface area is 75.7 Å². The Kier molecular flexibility index (Phi) is 2.37. The Morgan fingerprint density at radius 3 is 2.54 bits per heavy atom. The van der Waals surface area contributed by atoms with Crippen LogP contribution >= 0.6 is 0 Å². The van der Waals surface area contributed by atoms with Crippen molar-refractivity contribution in [2.75, 3.05) is 19.1 Å². The lowest BCUT2D eigenvalue weighted by Gasteiger charge is -2.03. The van der Waals surface area contributed by atoms with Crippen LogP contribution in [-0.2, 0) is 9.84 Å². The molecule has 0 atom stereocenters. The summed E-state index contributed by atoms with van der Waals surface area (Å²) in [5.41, 5.74) is 5.39. The van der Waals surface area contributed by atoms with Gasteiger partial charge in [0.05, 0.1) is 13.3 Å². The van der Waals surface area contributed by atoms with Gasteiger partial charge in [-0.25, -0.2) is 13.4 Å². The highest BCUT2D eigenvalue weighted by atomic mass is 32.2. The zero-order valence-corrected chi connectivity index (χ0v) is 8.00. The monoisotopic (exact) mass is 203 g/mol. The maximum absolute atomic E-state index is 11.0. The van der Waals surface area contributed by atoms with Crippen LogP contribution in [0.4, 0.5) is 5.82 Å². The van der Waals surface area contributed by atoms with E-state index in [1.807, 2.05) is 0 Å². The third kappa shape index (κ3) is 2.05. The Bertz CT molecular complexity index is 415. The van der Waals surface area contributed by atoms with E-state index in [9.17, 15) is 8.42 Å². The molecular weight excluding hydrogens is 194 g/mol. The SMILES string of the molecule is COc1cnc(S(C)(=O)=O)nc1N. The molecule has 0 saturated heterocycles. The molecule has 72 valence electrons. The Hall–Kier alpha value is -1.37. The van der Waals surface area contributed by atoms with Crippen LogP contribution in [0.1, 0.15) is 0 Å². The molecule has 0 aromatic carbocycles. The molecule has 7 heteroatoms. The van der Waals surface area contributed by atoms with Crippen molar-refractivity contribution < 1.29 is 13.2 Å². The summed E-state index contributed by atoms with van der Waals surface area (Å²) in [7, 11) is -2.01. The fraction of sp³-hybridized carbons (Fsp3) is 0.333. The van der Waals surface area contributed by atoms with Crippen molar-refractivity contribution in [3.05, 3.63) is 6.20 Å². The minimum absolute atomic E-state index is 0.0120. The van der Waals surface area contributed by atoms with Crippen LogP contribution in [0, 0.1) is 0 Å². The zero-order valence-electron chi connectivity index (χ0n) is 7.18. The van der Waals surface area contributed by atoms with E-state index < -0.39 is 9.84 Å². The van der Waals surface area contributed by atoms with E-state index in [0.717, 1.165) is 6.26 Å². The number of hydrogen-bond donors (Lipinski definition) is 1. The lowest BCUT2D eigenvalue weighted by atomic mass is 10.5. The van der Waals surface area contributed by atoms with Gasteiger partial charge in [-0.1, -0.05) is 0 Å². The summed E-state index contributed by atoms with van der Waals surface area (Å²) in [5.74, 6) is 0.269. The molecule has 0 aliphatic carbocycles. The fourth-order valence-corrected chi connectivity index (χ4v) is 1.21. The molecule has 2 N–H and O–H groups in total. The lowest BCUT2D eigenvalue weighted by molar-refractivity contribution is 0.411. The number of hydrogen-bond acceptors (Lipinski definition) is 6. The van der Waals surface area contributed by atoms with Gasteiger partial charge in [-0.05, 0) is 0 Å². The van der Waals surface area contributed by atoms with Crippen molar-refractivity contribution >= 4 is 15.7 Å². The van der Waals surface area contributed by atoms with Crippen LogP contribution in [0.2, 0.25) is 0 Å². The average Bonchev–Trinajstić information content (AvgIpc) is 2.02. The van der Waals surface area contributed by atoms with Gasteiger partial charge in [0.1, 0.15) is 0 Å². The maximum Gasteiger partial charge on any atom is 0.248 e. The summed E-state index contributed by atoms with van der Waals surface area (Å²) in [6.45, 7) is 0. The van der Waals surface area contributed by atoms with Crippen LogP contribution in [0.25, 0.3) is 0 Å². The number of nitrogen functional groups attached to an aromatic ring is 1. The van der Waals surface area contributed by atoms with Gasteiger partial charge in [-0.2, -0.15) is 4.98 Å². The highest BCUT2D eigenvalue weighted by Gasteiger charge is 2.12. The van der Waals surface area contributed by atoms with Crippen molar-refractivity contribution in [3.8, 4) is 5.75 Å². The second kappa shape index (κ2) is 3.17. The third-order valence-electron chi connectivity index (χ3n) is 1.31. The smallest absolute Gasteiger partial charge is 0.248 e. The molecule has 0 unspecified atom stereocenters. The molecule has 0 aliphatic rings. The van der Waals surface area contributed by atoms with E-state index in [1.54, 1.807) is 0 Å². The van der Waals surface area contributed by atoms with E-state index in [0.29, 0.717) is 0 Å². The largest absolute Gasteiger partial charge is 0.491 e. The highest BCUT2D eigenvalue weighted by Crippen LogP contribution is 2.17. The van der Waals surface area contributed by atoms with E-state index in [-0.39, 0.29) is 16.7 Å². The molecule has 0 bridgehead atoms. The van der Waals surface area contributed by atoms with Crippen molar-refractivity contribution in [1.82, 2.24) is 9.97 Å². The van der Waals surface area contributed by atoms with Crippen molar-refractivity contribution in [1.29, 1.82) is 0 Å². The topological polar surface area (TPSA) is 95.2 Å². The molecule has 6 nitrogen and oxygen atoms in total. The summed E-state index contributed by atoms with van der Waals surface area (Å²) in [6.07, 6.45) is 2.23. The molecule has 0 saturated carbocycles. The van der Waals surface area contributed by atoms with E-state index in [4.69, 9.17) is 10.5 Å². The standard InChI is InChI=1S/C6H9N3O3S/c1-12-4-3-8-6(9-5(4)7)13(2,10)11/h3H,1-2H3,(H2,7,8,9). The van der Waals surface area contributed by atoms with Gasteiger partial charge in [0.2, 0.25) is 15.0 Å². The molecule has 0 fully saturated rings. The summed E-state index contributed by atoms with van der Waals surface area (Å²) in [6, 6.07) is 0. The molecule has 1 rings (SSSR count).